The fraction of sp³-hybridized carbons (Fsp3) is 1.00. The van der Waals surface area contributed by atoms with Crippen LogP contribution in [0.2, 0.25) is 0 Å². The number of thioether (sulfide) groups is 1. The van der Waals surface area contributed by atoms with E-state index in [9.17, 15) is 0 Å². The molecular weight excluding hydrogens is 180 g/mol. The van der Waals surface area contributed by atoms with Crippen molar-refractivity contribution in [3.63, 3.8) is 0 Å². The van der Waals surface area contributed by atoms with Gasteiger partial charge < -0.3 is 11.1 Å². The molecule has 0 bridgehead atoms. The summed E-state index contributed by atoms with van der Waals surface area (Å²) >= 11 is 2.01. The fourth-order valence-corrected chi connectivity index (χ4v) is 2.61. The fourth-order valence-electron chi connectivity index (χ4n) is 1.65. The Morgan fingerprint density at radius 1 is 1.54 bits per heavy atom. The van der Waals surface area contributed by atoms with Crippen molar-refractivity contribution in [2.75, 3.05) is 18.8 Å². The van der Waals surface area contributed by atoms with E-state index < -0.39 is 0 Å². The van der Waals surface area contributed by atoms with Gasteiger partial charge in [0.2, 0.25) is 0 Å². The molecule has 0 saturated carbocycles. The Bertz CT molecular complexity index is 124. The second-order valence-electron chi connectivity index (χ2n) is 3.85. The Morgan fingerprint density at radius 2 is 2.38 bits per heavy atom. The van der Waals surface area contributed by atoms with Gasteiger partial charge in [0, 0.05) is 17.8 Å². The summed E-state index contributed by atoms with van der Waals surface area (Å²) in [6.07, 6.45) is 5.46. The summed E-state index contributed by atoms with van der Waals surface area (Å²) in [5.41, 5.74) is 5.55. The standard InChI is InChI=1S/C10H22N2S/c1-9(8-11)13-7-5-10-4-2-3-6-12-10/h9-10,12H,2-8,11H2,1H3. The maximum absolute atomic E-state index is 5.55. The van der Waals surface area contributed by atoms with Crippen LogP contribution in [0.25, 0.3) is 0 Å². The Morgan fingerprint density at radius 3 is 3.00 bits per heavy atom. The van der Waals surface area contributed by atoms with Crippen LogP contribution in [0.4, 0.5) is 0 Å². The zero-order chi connectivity index (χ0) is 9.52. The molecule has 3 heteroatoms. The Balaban J connectivity index is 1.98. The monoisotopic (exact) mass is 202 g/mol. The highest BCUT2D eigenvalue weighted by molar-refractivity contribution is 7.99. The van der Waals surface area contributed by atoms with Gasteiger partial charge in [-0.2, -0.15) is 11.8 Å². The first-order valence-corrected chi connectivity index (χ1v) is 6.43. The third kappa shape index (κ3) is 4.89. The molecule has 1 aliphatic heterocycles. The van der Waals surface area contributed by atoms with Crippen LogP contribution in [-0.4, -0.2) is 30.1 Å². The van der Waals surface area contributed by atoms with Gasteiger partial charge in [-0.1, -0.05) is 13.3 Å². The van der Waals surface area contributed by atoms with Crippen molar-refractivity contribution in [2.24, 2.45) is 5.73 Å². The molecule has 0 aromatic carbocycles. The van der Waals surface area contributed by atoms with Crippen LogP contribution >= 0.6 is 11.8 Å². The lowest BCUT2D eigenvalue weighted by Crippen LogP contribution is -2.34. The van der Waals surface area contributed by atoms with Crippen LogP contribution in [0.3, 0.4) is 0 Å². The van der Waals surface area contributed by atoms with E-state index in [1.807, 2.05) is 11.8 Å². The molecule has 2 atom stereocenters. The maximum Gasteiger partial charge on any atom is 0.0141 e. The van der Waals surface area contributed by atoms with Crippen molar-refractivity contribution in [1.82, 2.24) is 5.32 Å². The minimum absolute atomic E-state index is 0.628. The number of hydrogen-bond acceptors (Lipinski definition) is 3. The SMILES string of the molecule is CC(CN)SCCC1CCCCN1. The van der Waals surface area contributed by atoms with Crippen molar-refractivity contribution >= 4 is 11.8 Å². The molecule has 1 fully saturated rings. The van der Waals surface area contributed by atoms with Crippen LogP contribution in [0.1, 0.15) is 32.6 Å². The molecule has 1 rings (SSSR count). The Hall–Kier alpha value is 0.270. The van der Waals surface area contributed by atoms with Gasteiger partial charge in [0.25, 0.3) is 0 Å². The van der Waals surface area contributed by atoms with Gasteiger partial charge in [0.1, 0.15) is 0 Å². The molecule has 3 N–H and O–H groups in total. The predicted molar refractivity (Wildman–Crippen MR) is 61.2 cm³/mol. The lowest BCUT2D eigenvalue weighted by molar-refractivity contribution is 0.394. The summed E-state index contributed by atoms with van der Waals surface area (Å²) in [4.78, 5) is 0. The summed E-state index contributed by atoms with van der Waals surface area (Å²) in [7, 11) is 0. The molecule has 78 valence electrons. The molecule has 0 aromatic heterocycles. The van der Waals surface area contributed by atoms with E-state index in [2.05, 4.69) is 12.2 Å². The molecule has 1 saturated heterocycles. The molecule has 2 nitrogen and oxygen atoms in total. The van der Waals surface area contributed by atoms with Crippen LogP contribution in [0.5, 0.6) is 0 Å². The minimum atomic E-state index is 0.628. The molecule has 0 aliphatic carbocycles. The highest BCUT2D eigenvalue weighted by Gasteiger charge is 2.12. The average molecular weight is 202 g/mol. The van der Waals surface area contributed by atoms with Crippen LogP contribution < -0.4 is 11.1 Å². The molecule has 2 unspecified atom stereocenters. The highest BCUT2D eigenvalue weighted by atomic mass is 32.2. The first kappa shape index (κ1) is 11.3. The number of piperidine rings is 1. The van der Waals surface area contributed by atoms with Crippen molar-refractivity contribution < 1.29 is 0 Å². The lowest BCUT2D eigenvalue weighted by Gasteiger charge is -2.23. The average Bonchev–Trinajstić information content (AvgIpc) is 2.19. The largest absolute Gasteiger partial charge is 0.329 e. The molecule has 0 aromatic rings. The number of nitrogens with two attached hydrogens (primary N) is 1. The summed E-state index contributed by atoms with van der Waals surface area (Å²) in [5, 5.41) is 4.19. The van der Waals surface area contributed by atoms with E-state index in [-0.39, 0.29) is 0 Å². The maximum atomic E-state index is 5.55. The van der Waals surface area contributed by atoms with Crippen LogP contribution in [0, 0.1) is 0 Å². The Kier molecular flexibility index (Phi) is 5.83. The minimum Gasteiger partial charge on any atom is -0.329 e. The molecule has 0 amide bonds. The third-order valence-corrected chi connectivity index (χ3v) is 3.85. The molecule has 0 spiro atoms. The summed E-state index contributed by atoms with van der Waals surface area (Å²) in [5.74, 6) is 1.26. The van der Waals surface area contributed by atoms with Gasteiger partial charge in [-0.15, -0.1) is 0 Å². The Labute approximate surface area is 86.0 Å². The van der Waals surface area contributed by atoms with Gasteiger partial charge in [-0.25, -0.2) is 0 Å². The normalized spacial score (nSPS) is 25.8. The van der Waals surface area contributed by atoms with E-state index in [1.165, 1.54) is 38.0 Å². The van der Waals surface area contributed by atoms with Gasteiger partial charge in [0.05, 0.1) is 0 Å². The predicted octanol–water partition coefficient (Wildman–Crippen LogP) is 1.60. The second-order valence-corrected chi connectivity index (χ2v) is 5.40. The zero-order valence-electron chi connectivity index (χ0n) is 8.59. The first-order chi connectivity index (χ1) is 6.33. The topological polar surface area (TPSA) is 38.0 Å². The van der Waals surface area contributed by atoms with Gasteiger partial charge >= 0.3 is 0 Å². The van der Waals surface area contributed by atoms with E-state index in [4.69, 9.17) is 5.73 Å². The molecular formula is C10H22N2S. The van der Waals surface area contributed by atoms with Crippen molar-refractivity contribution in [3.8, 4) is 0 Å². The highest BCUT2D eigenvalue weighted by Crippen LogP contribution is 2.15. The quantitative estimate of drug-likeness (QED) is 0.711. The van der Waals surface area contributed by atoms with E-state index >= 15 is 0 Å². The van der Waals surface area contributed by atoms with Crippen molar-refractivity contribution in [1.29, 1.82) is 0 Å². The zero-order valence-corrected chi connectivity index (χ0v) is 9.41. The van der Waals surface area contributed by atoms with E-state index in [0.29, 0.717) is 5.25 Å². The molecule has 0 radical (unpaired) electrons. The summed E-state index contributed by atoms with van der Waals surface area (Å²) < 4.78 is 0. The van der Waals surface area contributed by atoms with Crippen molar-refractivity contribution in [2.45, 2.75) is 43.9 Å². The molecule has 13 heavy (non-hydrogen) atoms. The van der Waals surface area contributed by atoms with E-state index in [1.54, 1.807) is 0 Å². The van der Waals surface area contributed by atoms with Crippen LogP contribution in [0.15, 0.2) is 0 Å². The van der Waals surface area contributed by atoms with E-state index in [0.717, 1.165) is 12.6 Å². The van der Waals surface area contributed by atoms with Crippen molar-refractivity contribution in [3.05, 3.63) is 0 Å². The summed E-state index contributed by atoms with van der Waals surface area (Å²) in [6.45, 7) is 4.24. The third-order valence-electron chi connectivity index (χ3n) is 2.61. The van der Waals surface area contributed by atoms with Gasteiger partial charge in [-0.05, 0) is 31.6 Å². The first-order valence-electron chi connectivity index (χ1n) is 5.38. The number of rotatable bonds is 5. The van der Waals surface area contributed by atoms with Gasteiger partial charge in [-0.3, -0.25) is 0 Å². The van der Waals surface area contributed by atoms with Crippen LogP contribution in [-0.2, 0) is 0 Å². The lowest BCUT2D eigenvalue weighted by atomic mass is 10.0. The number of nitrogens with one attached hydrogen (secondary N) is 1. The molecule has 1 aliphatic rings. The molecule has 1 heterocycles. The smallest absolute Gasteiger partial charge is 0.0141 e. The summed E-state index contributed by atoms with van der Waals surface area (Å²) in [6, 6.07) is 0.784. The van der Waals surface area contributed by atoms with Gasteiger partial charge in [0.15, 0.2) is 0 Å². The number of hydrogen-bond donors (Lipinski definition) is 2. The second kappa shape index (κ2) is 6.68.